The maximum atomic E-state index is 13.8. The van der Waals surface area contributed by atoms with E-state index in [2.05, 4.69) is 15.6 Å². The highest BCUT2D eigenvalue weighted by Crippen LogP contribution is 2.32. The summed E-state index contributed by atoms with van der Waals surface area (Å²) in [6, 6.07) is 29.2. The number of amides is 2. The molecule has 0 saturated carbocycles. The molecule has 3 aromatic carbocycles. The summed E-state index contributed by atoms with van der Waals surface area (Å²) in [6.07, 6.45) is 2.09. The molecule has 43 heavy (non-hydrogen) atoms. The van der Waals surface area contributed by atoms with E-state index >= 15 is 0 Å². The molecule has 222 valence electrons. The van der Waals surface area contributed by atoms with Crippen LogP contribution in [0.15, 0.2) is 109 Å². The van der Waals surface area contributed by atoms with Gasteiger partial charge in [-0.05, 0) is 59.2 Å². The number of hydrogen-bond acceptors (Lipinski definition) is 6. The second kappa shape index (κ2) is 14.6. The number of pyridine rings is 1. The van der Waals surface area contributed by atoms with Crippen LogP contribution in [0.3, 0.4) is 0 Å². The Hall–Kier alpha value is -4.53. The first kappa shape index (κ1) is 29.9. The molecule has 4 aromatic rings. The molecular formula is C35H37N3O5. The summed E-state index contributed by atoms with van der Waals surface area (Å²) in [7, 11) is 0. The third-order valence-corrected chi connectivity index (χ3v) is 7.91. The number of carbonyl (C=O) groups excluding carboxylic acids is 2. The van der Waals surface area contributed by atoms with Gasteiger partial charge in [-0.25, -0.2) is 4.79 Å². The number of aliphatic hydroxyl groups is 2. The second-order valence-corrected chi connectivity index (χ2v) is 11.0. The zero-order chi connectivity index (χ0) is 30.0. The molecule has 0 unspecified atom stereocenters. The minimum absolute atomic E-state index is 0.0622. The number of carbonyl (C=O) groups is 2. The van der Waals surface area contributed by atoms with E-state index in [1.54, 1.807) is 24.5 Å². The zero-order valence-electron chi connectivity index (χ0n) is 23.9. The molecule has 5 atom stereocenters. The van der Waals surface area contributed by atoms with Crippen LogP contribution in [0.5, 0.6) is 0 Å². The minimum atomic E-state index is -1.06. The van der Waals surface area contributed by atoms with Crippen LogP contribution in [-0.2, 0) is 35.4 Å². The van der Waals surface area contributed by atoms with Gasteiger partial charge < -0.3 is 25.6 Å². The number of hydrogen-bond donors (Lipinski definition) is 4. The van der Waals surface area contributed by atoms with E-state index in [9.17, 15) is 19.8 Å². The van der Waals surface area contributed by atoms with Crippen LogP contribution < -0.4 is 10.6 Å². The lowest BCUT2D eigenvalue weighted by atomic mass is 9.88. The van der Waals surface area contributed by atoms with Crippen molar-refractivity contribution in [3.8, 4) is 0 Å². The van der Waals surface area contributed by atoms with Crippen molar-refractivity contribution in [3.05, 3.63) is 137 Å². The first-order valence-corrected chi connectivity index (χ1v) is 14.6. The number of benzene rings is 3. The highest BCUT2D eigenvalue weighted by molar-refractivity contribution is 5.80. The van der Waals surface area contributed by atoms with Crippen molar-refractivity contribution in [1.82, 2.24) is 15.6 Å². The van der Waals surface area contributed by atoms with Crippen LogP contribution in [0, 0.1) is 5.92 Å². The van der Waals surface area contributed by atoms with Gasteiger partial charge in [0.15, 0.2) is 0 Å². The Morgan fingerprint density at radius 2 is 1.47 bits per heavy atom. The molecule has 8 nitrogen and oxygen atoms in total. The molecule has 0 radical (unpaired) electrons. The van der Waals surface area contributed by atoms with Crippen LogP contribution in [0.1, 0.15) is 40.3 Å². The molecule has 2 amide bonds. The number of fused-ring (bicyclic) bond motifs is 1. The normalized spacial score (nSPS) is 17.7. The van der Waals surface area contributed by atoms with E-state index in [1.165, 1.54) is 0 Å². The number of nitrogens with one attached hydrogen (secondary N) is 2. The largest absolute Gasteiger partial charge is 0.445 e. The number of rotatable bonds is 12. The van der Waals surface area contributed by atoms with Crippen LogP contribution in [0.25, 0.3) is 0 Å². The van der Waals surface area contributed by atoms with Gasteiger partial charge >= 0.3 is 6.09 Å². The second-order valence-electron chi connectivity index (χ2n) is 11.0. The lowest BCUT2D eigenvalue weighted by Crippen LogP contribution is -2.47. The Morgan fingerprint density at radius 3 is 2.16 bits per heavy atom. The van der Waals surface area contributed by atoms with E-state index in [0.717, 1.165) is 27.8 Å². The summed E-state index contributed by atoms with van der Waals surface area (Å²) < 4.78 is 5.43. The Labute approximate surface area is 251 Å². The Bertz CT molecular complexity index is 1470. The molecule has 1 aliphatic carbocycles. The summed E-state index contributed by atoms with van der Waals surface area (Å²) in [5.74, 6) is -0.882. The fraction of sp³-hybridized carbons (Fsp3) is 0.286. The number of nitrogens with zero attached hydrogens (tertiary/aromatic N) is 1. The van der Waals surface area contributed by atoms with E-state index in [1.807, 2.05) is 84.9 Å². The van der Waals surface area contributed by atoms with E-state index < -0.39 is 36.3 Å². The maximum absolute atomic E-state index is 13.8. The molecule has 4 N–H and O–H groups in total. The number of alkyl carbamates (subject to hydrolysis) is 1. The maximum Gasteiger partial charge on any atom is 0.407 e. The fourth-order valence-electron chi connectivity index (χ4n) is 5.63. The van der Waals surface area contributed by atoms with Crippen LogP contribution >= 0.6 is 0 Å². The fourth-order valence-corrected chi connectivity index (χ4v) is 5.63. The third kappa shape index (κ3) is 8.28. The number of ether oxygens (including phenoxy) is 1. The molecule has 8 heteroatoms. The van der Waals surface area contributed by atoms with Crippen molar-refractivity contribution in [2.45, 2.75) is 56.6 Å². The molecule has 1 heterocycles. The molecule has 1 aliphatic rings. The van der Waals surface area contributed by atoms with Gasteiger partial charge in [0.1, 0.15) is 6.61 Å². The van der Waals surface area contributed by atoms with Crippen LogP contribution in [0.2, 0.25) is 0 Å². The number of aromatic nitrogens is 1. The molecule has 0 aliphatic heterocycles. The summed E-state index contributed by atoms with van der Waals surface area (Å²) in [4.78, 5) is 30.6. The zero-order valence-corrected chi connectivity index (χ0v) is 23.9. The van der Waals surface area contributed by atoms with Crippen molar-refractivity contribution in [2.75, 3.05) is 0 Å². The molecule has 1 aromatic heterocycles. The summed E-state index contributed by atoms with van der Waals surface area (Å²) in [6.45, 7) is 0.0622. The average molecular weight is 580 g/mol. The standard InChI is InChI=1S/C35H37N3O5/c39-31(30(20-25-11-5-2-6-12-25)37-35(42)43-23-26-15-17-36-18-16-26)22-28(19-24-9-3-1-4-10-24)34(41)38-33-29-14-8-7-13-27(29)21-32(33)40/h1-18,28,30-33,39-40H,19-23H2,(H,37,42)(H,38,41)/t28-,30+,31+,32-,33+/m1/s1. The van der Waals surface area contributed by atoms with E-state index in [0.29, 0.717) is 19.3 Å². The smallest absolute Gasteiger partial charge is 0.407 e. The quantitative estimate of drug-likeness (QED) is 0.199. The Morgan fingerprint density at radius 1 is 0.837 bits per heavy atom. The predicted molar refractivity (Wildman–Crippen MR) is 163 cm³/mol. The van der Waals surface area contributed by atoms with Gasteiger partial charge in [0.2, 0.25) is 5.91 Å². The van der Waals surface area contributed by atoms with Gasteiger partial charge in [-0.2, -0.15) is 0 Å². The van der Waals surface area contributed by atoms with Crippen LogP contribution in [0.4, 0.5) is 4.79 Å². The first-order valence-electron chi connectivity index (χ1n) is 14.6. The monoisotopic (exact) mass is 579 g/mol. The molecule has 0 spiro atoms. The van der Waals surface area contributed by atoms with Gasteiger partial charge in [-0.1, -0.05) is 84.9 Å². The topological polar surface area (TPSA) is 121 Å². The average Bonchev–Trinajstić information content (AvgIpc) is 3.35. The van der Waals surface area contributed by atoms with E-state index in [4.69, 9.17) is 4.74 Å². The minimum Gasteiger partial charge on any atom is -0.445 e. The lowest BCUT2D eigenvalue weighted by molar-refractivity contribution is -0.127. The van der Waals surface area contributed by atoms with Crippen molar-refractivity contribution in [2.24, 2.45) is 5.92 Å². The van der Waals surface area contributed by atoms with Gasteiger partial charge in [0.25, 0.3) is 0 Å². The van der Waals surface area contributed by atoms with Crippen molar-refractivity contribution in [1.29, 1.82) is 0 Å². The van der Waals surface area contributed by atoms with Crippen molar-refractivity contribution >= 4 is 12.0 Å². The molecule has 0 saturated heterocycles. The predicted octanol–water partition coefficient (Wildman–Crippen LogP) is 4.30. The summed E-state index contributed by atoms with van der Waals surface area (Å²) in [5, 5.41) is 28.2. The molecule has 0 fully saturated rings. The Balaban J connectivity index is 1.32. The molecular weight excluding hydrogens is 542 g/mol. The van der Waals surface area contributed by atoms with Crippen molar-refractivity contribution < 1.29 is 24.5 Å². The summed E-state index contributed by atoms with van der Waals surface area (Å²) in [5.41, 5.74) is 4.59. The molecule has 0 bridgehead atoms. The Kier molecular flexibility index (Phi) is 10.2. The van der Waals surface area contributed by atoms with Gasteiger partial charge in [-0.15, -0.1) is 0 Å². The SMILES string of the molecule is O=C(N[C@@H](Cc1ccccc1)[C@@H](O)C[C@@H](Cc1ccccc1)C(=O)N[C@H]1c2ccccc2C[C@H]1O)OCc1ccncc1. The number of aliphatic hydroxyl groups excluding tert-OH is 2. The highest BCUT2D eigenvalue weighted by atomic mass is 16.5. The highest BCUT2D eigenvalue weighted by Gasteiger charge is 2.35. The van der Waals surface area contributed by atoms with Gasteiger partial charge in [-0.3, -0.25) is 9.78 Å². The molecule has 5 rings (SSSR count). The van der Waals surface area contributed by atoms with Gasteiger partial charge in [0.05, 0.1) is 24.3 Å². The van der Waals surface area contributed by atoms with Gasteiger partial charge in [0, 0.05) is 24.7 Å². The summed E-state index contributed by atoms with van der Waals surface area (Å²) >= 11 is 0. The van der Waals surface area contributed by atoms with E-state index in [-0.39, 0.29) is 18.9 Å². The van der Waals surface area contributed by atoms with Crippen LogP contribution in [-0.4, -0.2) is 45.4 Å². The lowest BCUT2D eigenvalue weighted by Gasteiger charge is -2.28. The first-order chi connectivity index (χ1) is 21.0. The third-order valence-electron chi connectivity index (χ3n) is 7.91. The van der Waals surface area contributed by atoms with Crippen molar-refractivity contribution in [3.63, 3.8) is 0 Å².